The van der Waals surface area contributed by atoms with Gasteiger partial charge in [0.2, 0.25) is 0 Å². The maximum atomic E-state index is 12.9. The molecule has 33 heavy (non-hydrogen) atoms. The van der Waals surface area contributed by atoms with Gasteiger partial charge < -0.3 is 19.7 Å². The van der Waals surface area contributed by atoms with Crippen molar-refractivity contribution in [2.24, 2.45) is 0 Å². The van der Waals surface area contributed by atoms with Gasteiger partial charge in [0.1, 0.15) is 11.4 Å². The first-order chi connectivity index (χ1) is 15.8. The topological polar surface area (TPSA) is 98.1 Å². The van der Waals surface area contributed by atoms with Crippen LogP contribution < -0.4 is 10.2 Å². The van der Waals surface area contributed by atoms with Crippen LogP contribution in [0, 0.1) is 0 Å². The molecule has 1 aliphatic heterocycles. The minimum Gasteiger partial charge on any atom is -0.444 e. The Balaban J connectivity index is 1.42. The van der Waals surface area contributed by atoms with Crippen molar-refractivity contribution in [1.29, 1.82) is 0 Å². The minimum atomic E-state index is -0.546. The summed E-state index contributed by atoms with van der Waals surface area (Å²) in [4.78, 5) is 31.6. The fourth-order valence-corrected chi connectivity index (χ4v) is 3.62. The van der Waals surface area contributed by atoms with Crippen LogP contribution in [0.5, 0.6) is 0 Å². The second-order valence-electron chi connectivity index (χ2n) is 8.96. The van der Waals surface area contributed by atoms with Crippen LogP contribution in [0.4, 0.5) is 10.6 Å². The molecule has 0 saturated carbocycles. The Morgan fingerprint density at radius 1 is 1.12 bits per heavy atom. The van der Waals surface area contributed by atoms with E-state index in [0.29, 0.717) is 36.7 Å². The maximum absolute atomic E-state index is 12.9. The monoisotopic (exact) mass is 451 g/mol. The smallest absolute Gasteiger partial charge is 0.407 e. The summed E-state index contributed by atoms with van der Waals surface area (Å²) in [5.41, 5.74) is 2.34. The molecule has 1 aromatic carbocycles. The summed E-state index contributed by atoms with van der Waals surface area (Å²) in [6.45, 7) is 8.63. The number of carbonyl (C=O) groups is 2. The third kappa shape index (κ3) is 5.87. The highest BCUT2D eigenvalue weighted by Gasteiger charge is 2.18. The molecule has 174 valence electrons. The fraction of sp³-hybridized carbons (Fsp3) is 0.417. The lowest BCUT2D eigenvalue weighted by Gasteiger charge is -2.29. The van der Waals surface area contributed by atoms with Crippen LogP contribution in [0.1, 0.15) is 42.4 Å². The molecule has 2 aromatic heterocycles. The number of carbonyl (C=O) groups excluding carboxylic acids is 2. The number of ketones is 1. The average molecular weight is 452 g/mol. The van der Waals surface area contributed by atoms with E-state index in [1.807, 2.05) is 45.0 Å². The van der Waals surface area contributed by atoms with Crippen LogP contribution in [-0.2, 0) is 22.4 Å². The SMILES string of the molecule is CC(C)(C)OC(=O)NCc1ccc(C(=O)Cc2cc(N3CCOCC3)n3nccc3n2)cc1. The summed E-state index contributed by atoms with van der Waals surface area (Å²) in [5, 5.41) is 7.10. The van der Waals surface area contributed by atoms with Gasteiger partial charge in [-0.3, -0.25) is 4.79 Å². The number of rotatable bonds is 6. The van der Waals surface area contributed by atoms with Crippen molar-refractivity contribution in [1.82, 2.24) is 19.9 Å². The first-order valence-electron chi connectivity index (χ1n) is 11.0. The van der Waals surface area contributed by atoms with Gasteiger partial charge in [-0.05, 0) is 26.3 Å². The molecule has 0 bridgehead atoms. The quantitative estimate of drug-likeness (QED) is 0.575. The zero-order chi connectivity index (χ0) is 23.4. The van der Waals surface area contributed by atoms with E-state index in [0.717, 1.165) is 24.5 Å². The van der Waals surface area contributed by atoms with E-state index in [1.54, 1.807) is 22.8 Å². The van der Waals surface area contributed by atoms with Gasteiger partial charge in [-0.2, -0.15) is 9.61 Å². The standard InChI is InChI=1S/C24H29N5O4/c1-24(2,3)33-23(31)25-16-17-4-6-18(7-5-17)20(30)14-19-15-22(28-10-12-32-13-11-28)29-21(27-19)8-9-26-29/h4-9,15H,10-14,16H2,1-3H3,(H,25,31). The predicted octanol–water partition coefficient (Wildman–Crippen LogP) is 3.02. The number of fused-ring (bicyclic) bond motifs is 1. The molecule has 1 aliphatic rings. The van der Waals surface area contributed by atoms with E-state index >= 15 is 0 Å². The zero-order valence-electron chi connectivity index (χ0n) is 19.2. The Bertz CT molecular complexity index is 1130. The normalized spacial score (nSPS) is 14.3. The lowest BCUT2D eigenvalue weighted by atomic mass is 10.0. The van der Waals surface area contributed by atoms with Crippen LogP contribution in [0.3, 0.4) is 0 Å². The minimum absolute atomic E-state index is 0.0223. The summed E-state index contributed by atoms with van der Waals surface area (Å²) in [6, 6.07) is 11.0. The lowest BCUT2D eigenvalue weighted by Crippen LogP contribution is -2.37. The number of morpholine rings is 1. The van der Waals surface area contributed by atoms with E-state index < -0.39 is 11.7 Å². The largest absolute Gasteiger partial charge is 0.444 e. The molecule has 3 heterocycles. The van der Waals surface area contributed by atoms with Crippen molar-refractivity contribution in [2.75, 3.05) is 31.2 Å². The Kier molecular flexibility index (Phi) is 6.60. The molecule has 1 N–H and O–H groups in total. The molecule has 9 nitrogen and oxygen atoms in total. The molecule has 1 saturated heterocycles. The highest BCUT2D eigenvalue weighted by Crippen LogP contribution is 2.20. The van der Waals surface area contributed by atoms with Gasteiger partial charge in [0, 0.05) is 37.3 Å². The summed E-state index contributed by atoms with van der Waals surface area (Å²) < 4.78 is 12.5. The van der Waals surface area contributed by atoms with Crippen molar-refractivity contribution in [3.05, 3.63) is 59.4 Å². The lowest BCUT2D eigenvalue weighted by molar-refractivity contribution is 0.0523. The number of hydrogen-bond acceptors (Lipinski definition) is 7. The van der Waals surface area contributed by atoms with E-state index in [2.05, 4.69) is 20.3 Å². The number of anilines is 1. The van der Waals surface area contributed by atoms with Gasteiger partial charge in [0.05, 0.1) is 31.5 Å². The van der Waals surface area contributed by atoms with Gasteiger partial charge in [-0.25, -0.2) is 9.78 Å². The fourth-order valence-electron chi connectivity index (χ4n) is 3.62. The Hall–Kier alpha value is -3.46. The summed E-state index contributed by atoms with van der Waals surface area (Å²) in [5.74, 6) is 0.894. The van der Waals surface area contributed by atoms with E-state index in [-0.39, 0.29) is 12.2 Å². The molecular formula is C24H29N5O4. The van der Waals surface area contributed by atoms with E-state index in [9.17, 15) is 9.59 Å². The van der Waals surface area contributed by atoms with E-state index in [4.69, 9.17) is 9.47 Å². The molecule has 0 spiro atoms. The summed E-state index contributed by atoms with van der Waals surface area (Å²) >= 11 is 0. The third-order valence-electron chi connectivity index (χ3n) is 5.18. The summed E-state index contributed by atoms with van der Waals surface area (Å²) in [7, 11) is 0. The van der Waals surface area contributed by atoms with Crippen molar-refractivity contribution >= 4 is 23.3 Å². The van der Waals surface area contributed by atoms with Crippen molar-refractivity contribution in [3.8, 4) is 0 Å². The zero-order valence-corrected chi connectivity index (χ0v) is 19.2. The van der Waals surface area contributed by atoms with E-state index in [1.165, 1.54) is 0 Å². The van der Waals surface area contributed by atoms with Crippen molar-refractivity contribution < 1.29 is 19.1 Å². The molecule has 4 rings (SSSR count). The maximum Gasteiger partial charge on any atom is 0.407 e. The molecule has 1 fully saturated rings. The first-order valence-corrected chi connectivity index (χ1v) is 11.0. The van der Waals surface area contributed by atoms with Gasteiger partial charge in [-0.15, -0.1) is 0 Å². The van der Waals surface area contributed by atoms with Gasteiger partial charge >= 0.3 is 6.09 Å². The number of nitrogens with one attached hydrogen (secondary N) is 1. The Labute approximate surface area is 192 Å². The number of alkyl carbamates (subject to hydrolysis) is 1. The molecule has 3 aromatic rings. The number of Topliss-reactive ketones (excluding diaryl/α,β-unsaturated/α-hetero) is 1. The number of aromatic nitrogens is 3. The second kappa shape index (κ2) is 9.58. The van der Waals surface area contributed by atoms with Gasteiger partial charge in [0.15, 0.2) is 11.4 Å². The number of hydrogen-bond donors (Lipinski definition) is 1. The van der Waals surface area contributed by atoms with Gasteiger partial charge in [-0.1, -0.05) is 24.3 Å². The predicted molar refractivity (Wildman–Crippen MR) is 124 cm³/mol. The number of benzene rings is 1. The number of ether oxygens (including phenoxy) is 2. The number of amides is 1. The Morgan fingerprint density at radius 2 is 1.85 bits per heavy atom. The van der Waals surface area contributed by atoms with Crippen molar-refractivity contribution in [3.63, 3.8) is 0 Å². The van der Waals surface area contributed by atoms with Crippen molar-refractivity contribution in [2.45, 2.75) is 39.3 Å². The average Bonchev–Trinajstić information content (AvgIpc) is 3.25. The molecule has 1 amide bonds. The molecule has 0 radical (unpaired) electrons. The highest BCUT2D eigenvalue weighted by molar-refractivity contribution is 5.97. The van der Waals surface area contributed by atoms with Crippen LogP contribution in [-0.4, -0.2) is 58.4 Å². The molecule has 9 heteroatoms. The van der Waals surface area contributed by atoms with Crippen LogP contribution >= 0.6 is 0 Å². The molecule has 0 atom stereocenters. The molecule has 0 unspecified atom stereocenters. The number of nitrogens with zero attached hydrogens (tertiary/aromatic N) is 4. The third-order valence-corrected chi connectivity index (χ3v) is 5.18. The van der Waals surface area contributed by atoms with Crippen LogP contribution in [0.25, 0.3) is 5.65 Å². The molecular weight excluding hydrogens is 422 g/mol. The molecule has 0 aliphatic carbocycles. The van der Waals surface area contributed by atoms with Crippen LogP contribution in [0.15, 0.2) is 42.6 Å². The van der Waals surface area contributed by atoms with Crippen LogP contribution in [0.2, 0.25) is 0 Å². The summed E-state index contributed by atoms with van der Waals surface area (Å²) in [6.07, 6.45) is 1.43. The second-order valence-corrected chi connectivity index (χ2v) is 8.96. The Morgan fingerprint density at radius 3 is 2.55 bits per heavy atom. The van der Waals surface area contributed by atoms with Gasteiger partial charge in [0.25, 0.3) is 0 Å². The highest BCUT2D eigenvalue weighted by atomic mass is 16.6. The first kappa shape index (κ1) is 22.7.